The van der Waals surface area contributed by atoms with Crippen LogP contribution in [0.15, 0.2) is 0 Å². The molecule has 0 aliphatic carbocycles. The van der Waals surface area contributed by atoms with Crippen LogP contribution in [0.5, 0.6) is 0 Å². The molecule has 0 aromatic rings. The zero-order valence-electron chi connectivity index (χ0n) is 10.3. The van der Waals surface area contributed by atoms with E-state index in [9.17, 15) is 4.79 Å². The van der Waals surface area contributed by atoms with Gasteiger partial charge in [-0.3, -0.25) is 9.69 Å². The molecule has 0 amide bonds. The van der Waals surface area contributed by atoms with Crippen molar-refractivity contribution in [1.29, 1.82) is 0 Å². The van der Waals surface area contributed by atoms with E-state index in [0.29, 0.717) is 0 Å². The summed E-state index contributed by atoms with van der Waals surface area (Å²) in [5.41, 5.74) is 0. The highest BCUT2D eigenvalue weighted by atomic mass is 32.2. The minimum absolute atomic E-state index is 0.283. The van der Waals surface area contributed by atoms with Gasteiger partial charge in [-0.1, -0.05) is 0 Å². The topological polar surface area (TPSA) is 43.8 Å². The minimum Gasteiger partial charge on any atom is -0.481 e. The van der Waals surface area contributed by atoms with E-state index in [4.69, 9.17) is 5.11 Å². The maximum absolute atomic E-state index is 10.5. The van der Waals surface area contributed by atoms with Crippen molar-refractivity contribution in [3.8, 4) is 0 Å². The van der Waals surface area contributed by atoms with Crippen LogP contribution in [0.3, 0.4) is 0 Å². The number of piperidine rings is 1. The third-order valence-corrected chi connectivity index (χ3v) is 4.70. The van der Waals surface area contributed by atoms with Gasteiger partial charge in [-0.25, -0.2) is 0 Å². The van der Waals surface area contributed by atoms with E-state index in [2.05, 4.69) is 21.6 Å². The van der Waals surface area contributed by atoms with Crippen LogP contribution >= 0.6 is 11.8 Å². The number of nitrogens with zero attached hydrogens (tertiary/aromatic N) is 2. The molecular formula is C12H22N2O2S. The van der Waals surface area contributed by atoms with Crippen LogP contribution in [-0.4, -0.2) is 71.1 Å². The van der Waals surface area contributed by atoms with Gasteiger partial charge in [0.2, 0.25) is 0 Å². The Morgan fingerprint density at radius 2 is 1.82 bits per heavy atom. The smallest absolute Gasteiger partial charge is 0.304 e. The number of carbonyl (C=O) groups is 1. The van der Waals surface area contributed by atoms with Gasteiger partial charge in [-0.05, 0) is 25.9 Å². The molecule has 0 radical (unpaired) electrons. The van der Waals surface area contributed by atoms with Crippen molar-refractivity contribution in [3.05, 3.63) is 0 Å². The Morgan fingerprint density at radius 3 is 2.41 bits per heavy atom. The summed E-state index contributed by atoms with van der Waals surface area (Å²) in [6, 6.07) is 0.747. The summed E-state index contributed by atoms with van der Waals surface area (Å²) in [5, 5.41) is 8.66. The van der Waals surface area contributed by atoms with E-state index in [1.807, 2.05) is 0 Å². The Hall–Kier alpha value is -0.260. The minimum atomic E-state index is -0.680. The predicted octanol–water partition coefficient (Wildman–Crippen LogP) is 0.974. The van der Waals surface area contributed by atoms with Crippen LogP contribution in [0.25, 0.3) is 0 Å². The van der Waals surface area contributed by atoms with Crippen molar-refractivity contribution >= 4 is 17.7 Å². The molecule has 2 aliphatic rings. The third-order valence-electron chi connectivity index (χ3n) is 3.76. The molecule has 0 aromatic heterocycles. The Kier molecular flexibility index (Phi) is 5.13. The summed E-state index contributed by atoms with van der Waals surface area (Å²) in [7, 11) is 0. The molecule has 0 saturated carbocycles. The summed E-state index contributed by atoms with van der Waals surface area (Å²) in [4.78, 5) is 15.4. The molecule has 0 aromatic carbocycles. The highest BCUT2D eigenvalue weighted by molar-refractivity contribution is 7.99. The van der Waals surface area contributed by atoms with Gasteiger partial charge >= 0.3 is 5.97 Å². The highest BCUT2D eigenvalue weighted by Gasteiger charge is 2.25. The van der Waals surface area contributed by atoms with Gasteiger partial charge in [-0.15, -0.1) is 0 Å². The molecule has 2 heterocycles. The molecule has 2 aliphatic heterocycles. The third kappa shape index (κ3) is 4.16. The maximum atomic E-state index is 10.5. The molecule has 17 heavy (non-hydrogen) atoms. The summed E-state index contributed by atoms with van der Waals surface area (Å²) < 4.78 is 0. The van der Waals surface area contributed by atoms with Crippen LogP contribution in [0.4, 0.5) is 0 Å². The molecule has 0 bridgehead atoms. The Bertz CT molecular complexity index is 249. The number of rotatable bonds is 4. The lowest BCUT2D eigenvalue weighted by molar-refractivity contribution is -0.137. The molecule has 2 saturated heterocycles. The van der Waals surface area contributed by atoms with Gasteiger partial charge in [-0.2, -0.15) is 11.8 Å². The monoisotopic (exact) mass is 258 g/mol. The van der Waals surface area contributed by atoms with Crippen LogP contribution in [0.2, 0.25) is 0 Å². The maximum Gasteiger partial charge on any atom is 0.304 e. The van der Waals surface area contributed by atoms with E-state index in [1.165, 1.54) is 37.4 Å². The van der Waals surface area contributed by atoms with Crippen molar-refractivity contribution in [1.82, 2.24) is 9.80 Å². The fourth-order valence-electron chi connectivity index (χ4n) is 2.70. The molecule has 5 heteroatoms. The molecule has 0 spiro atoms. The summed E-state index contributed by atoms with van der Waals surface area (Å²) >= 11 is 2.06. The lowest BCUT2D eigenvalue weighted by Gasteiger charge is -2.39. The first-order valence-electron chi connectivity index (χ1n) is 6.51. The Balaban J connectivity index is 1.68. The molecule has 98 valence electrons. The van der Waals surface area contributed by atoms with E-state index >= 15 is 0 Å². The summed E-state index contributed by atoms with van der Waals surface area (Å²) in [5.74, 6) is 1.87. The van der Waals surface area contributed by atoms with Gasteiger partial charge in [0.1, 0.15) is 0 Å². The molecule has 2 rings (SSSR count). The first kappa shape index (κ1) is 13.2. The van der Waals surface area contributed by atoms with E-state index in [1.54, 1.807) is 0 Å². The molecule has 4 nitrogen and oxygen atoms in total. The number of aliphatic carboxylic acids is 1. The number of thioether (sulfide) groups is 1. The van der Waals surface area contributed by atoms with Crippen LogP contribution in [0, 0.1) is 0 Å². The molecule has 1 N–H and O–H groups in total. The zero-order valence-corrected chi connectivity index (χ0v) is 11.1. The highest BCUT2D eigenvalue weighted by Crippen LogP contribution is 2.20. The second-order valence-corrected chi connectivity index (χ2v) is 6.09. The second-order valence-electron chi connectivity index (χ2n) is 4.86. The first-order chi connectivity index (χ1) is 8.25. The lowest BCUT2D eigenvalue weighted by atomic mass is 10.0. The zero-order chi connectivity index (χ0) is 12.1. The van der Waals surface area contributed by atoms with Gasteiger partial charge < -0.3 is 10.0 Å². The molecule has 0 atom stereocenters. The molecule has 2 fully saturated rings. The van der Waals surface area contributed by atoms with Crippen molar-refractivity contribution < 1.29 is 9.90 Å². The van der Waals surface area contributed by atoms with Crippen molar-refractivity contribution in [3.63, 3.8) is 0 Å². The van der Waals surface area contributed by atoms with Crippen LogP contribution in [-0.2, 0) is 4.79 Å². The van der Waals surface area contributed by atoms with Crippen LogP contribution in [0.1, 0.15) is 19.3 Å². The van der Waals surface area contributed by atoms with Gasteiger partial charge in [0.15, 0.2) is 0 Å². The second kappa shape index (κ2) is 6.61. The van der Waals surface area contributed by atoms with Gasteiger partial charge in [0.25, 0.3) is 0 Å². The number of carboxylic acid groups (broad SMARTS) is 1. The Labute approximate surface area is 107 Å². The van der Waals surface area contributed by atoms with Gasteiger partial charge in [0.05, 0.1) is 6.42 Å². The fraction of sp³-hybridized carbons (Fsp3) is 0.917. The summed E-state index contributed by atoms with van der Waals surface area (Å²) in [6.07, 6.45) is 2.71. The average molecular weight is 258 g/mol. The number of carboxylic acids is 1. The number of hydrogen-bond acceptors (Lipinski definition) is 4. The Morgan fingerprint density at radius 1 is 1.18 bits per heavy atom. The summed E-state index contributed by atoms with van der Waals surface area (Å²) in [6.45, 7) is 5.34. The van der Waals surface area contributed by atoms with E-state index in [0.717, 1.165) is 25.7 Å². The SMILES string of the molecule is O=C(O)CCN1CCC(N2CCSCC2)CC1. The van der Waals surface area contributed by atoms with Crippen molar-refractivity contribution in [2.75, 3.05) is 44.2 Å². The van der Waals surface area contributed by atoms with Crippen molar-refractivity contribution in [2.45, 2.75) is 25.3 Å². The standard InChI is InChI=1S/C12H22N2O2S/c15-12(16)3-6-13-4-1-11(2-5-13)14-7-9-17-10-8-14/h11H,1-10H2,(H,15,16). The van der Waals surface area contributed by atoms with Crippen LogP contribution < -0.4 is 0 Å². The molecular weight excluding hydrogens is 236 g/mol. The van der Waals surface area contributed by atoms with Gasteiger partial charge in [0, 0.05) is 37.2 Å². The quantitative estimate of drug-likeness (QED) is 0.814. The van der Waals surface area contributed by atoms with Crippen molar-refractivity contribution in [2.24, 2.45) is 0 Å². The predicted molar refractivity (Wildman–Crippen MR) is 70.6 cm³/mol. The number of hydrogen-bond donors (Lipinski definition) is 1. The normalized spacial score (nSPS) is 24.9. The number of likely N-dealkylation sites (tertiary alicyclic amines) is 1. The van der Waals surface area contributed by atoms with E-state index in [-0.39, 0.29) is 6.42 Å². The van der Waals surface area contributed by atoms with E-state index < -0.39 is 5.97 Å². The average Bonchev–Trinajstić information content (AvgIpc) is 2.38. The largest absolute Gasteiger partial charge is 0.481 e. The first-order valence-corrected chi connectivity index (χ1v) is 7.67. The fourth-order valence-corrected chi connectivity index (χ4v) is 3.64. The lowest BCUT2D eigenvalue weighted by Crippen LogP contribution is -2.48. The molecule has 0 unspecified atom stereocenters.